The number of benzene rings is 1. The molecule has 1 rings (SSSR count). The van der Waals surface area contributed by atoms with Crippen LogP contribution in [-0.4, -0.2) is 33.2 Å². The Morgan fingerprint density at radius 2 is 1.31 bits per heavy atom. The minimum atomic E-state index is -1.48. The van der Waals surface area contributed by atoms with Crippen molar-refractivity contribution in [1.82, 2.24) is 0 Å². The van der Waals surface area contributed by atoms with Crippen LogP contribution in [-0.2, 0) is 17.1 Å². The largest absolute Gasteiger partial charge is 0.478 e. The molecule has 89 valence electrons. The molecule has 0 saturated heterocycles. The van der Waals surface area contributed by atoms with Crippen LogP contribution in [0.15, 0.2) is 18.2 Å². The van der Waals surface area contributed by atoms with Crippen LogP contribution in [0.1, 0.15) is 31.1 Å². The molecule has 0 aliphatic carbocycles. The topological polar surface area (TPSA) is 112 Å². The number of hydrogen-bond donors (Lipinski definition) is 3. The van der Waals surface area contributed by atoms with Gasteiger partial charge in [-0.25, -0.2) is 14.4 Å². The summed E-state index contributed by atoms with van der Waals surface area (Å²) in [5, 5.41) is 25.9. The van der Waals surface area contributed by atoms with Gasteiger partial charge in [0.25, 0.3) is 0 Å². The van der Waals surface area contributed by atoms with E-state index in [1.54, 1.807) is 0 Å². The molecule has 0 bridgehead atoms. The Balaban J connectivity index is 0.00000225. The number of carboxylic acid groups (broad SMARTS) is 3. The molecule has 3 N–H and O–H groups in total. The summed E-state index contributed by atoms with van der Waals surface area (Å²) in [6.07, 6.45) is 0. The summed E-state index contributed by atoms with van der Waals surface area (Å²) in [5.74, 6) is -4.20. The van der Waals surface area contributed by atoms with E-state index in [0.29, 0.717) is 0 Å². The molecule has 16 heavy (non-hydrogen) atoms. The molecule has 1 aromatic rings. The number of carboxylic acids is 3. The maximum Gasteiger partial charge on any atom is 0.336 e. The Morgan fingerprint density at radius 3 is 1.69 bits per heavy atom. The van der Waals surface area contributed by atoms with E-state index in [1.807, 2.05) is 0 Å². The van der Waals surface area contributed by atoms with Crippen molar-refractivity contribution in [3.8, 4) is 0 Å². The second kappa shape index (κ2) is 5.29. The van der Waals surface area contributed by atoms with E-state index in [2.05, 4.69) is 0 Å². The number of rotatable bonds is 3. The van der Waals surface area contributed by atoms with Crippen molar-refractivity contribution in [3.05, 3.63) is 34.9 Å². The van der Waals surface area contributed by atoms with E-state index < -0.39 is 29.0 Å². The average Bonchev–Trinajstić information content (AvgIpc) is 2.16. The van der Waals surface area contributed by atoms with Gasteiger partial charge in [0.15, 0.2) is 0 Å². The SMILES string of the molecule is O=C(O)c1ccc(C(=O)O)c(C(=O)O)c1.[Cu]. The van der Waals surface area contributed by atoms with Crippen molar-refractivity contribution in [2.45, 2.75) is 0 Å². The Hall–Kier alpha value is -1.85. The predicted molar refractivity (Wildman–Crippen MR) is 47.3 cm³/mol. The van der Waals surface area contributed by atoms with Crippen LogP contribution in [0.4, 0.5) is 0 Å². The molecule has 1 aromatic carbocycles. The molecule has 0 aromatic heterocycles. The Kier molecular flexibility index (Phi) is 4.68. The third kappa shape index (κ3) is 2.82. The van der Waals surface area contributed by atoms with E-state index in [4.69, 9.17) is 15.3 Å². The van der Waals surface area contributed by atoms with E-state index in [9.17, 15) is 14.4 Å². The summed E-state index contributed by atoms with van der Waals surface area (Å²) < 4.78 is 0. The van der Waals surface area contributed by atoms with Crippen molar-refractivity contribution in [3.63, 3.8) is 0 Å². The van der Waals surface area contributed by atoms with Gasteiger partial charge < -0.3 is 15.3 Å². The van der Waals surface area contributed by atoms with E-state index in [1.165, 1.54) is 0 Å². The molecule has 0 saturated carbocycles. The van der Waals surface area contributed by atoms with E-state index in [-0.39, 0.29) is 22.6 Å². The molecule has 0 fully saturated rings. The molecule has 0 heterocycles. The summed E-state index contributed by atoms with van der Waals surface area (Å²) in [6, 6.07) is 2.81. The van der Waals surface area contributed by atoms with Crippen molar-refractivity contribution < 1.29 is 46.8 Å². The molecular formula is C9H6CuO6. The van der Waals surface area contributed by atoms with Crippen molar-refractivity contribution >= 4 is 17.9 Å². The third-order valence-corrected chi connectivity index (χ3v) is 1.73. The first-order valence-corrected chi connectivity index (χ1v) is 3.77. The van der Waals surface area contributed by atoms with Gasteiger partial charge in [0.2, 0.25) is 0 Å². The molecule has 0 unspecified atom stereocenters. The minimum absolute atomic E-state index is 0. The molecule has 0 aliphatic heterocycles. The van der Waals surface area contributed by atoms with Gasteiger partial charge >= 0.3 is 17.9 Å². The van der Waals surface area contributed by atoms with Crippen LogP contribution < -0.4 is 0 Å². The first-order valence-electron chi connectivity index (χ1n) is 3.77. The monoisotopic (exact) mass is 273 g/mol. The van der Waals surface area contributed by atoms with E-state index >= 15 is 0 Å². The van der Waals surface area contributed by atoms with Gasteiger partial charge in [-0.15, -0.1) is 0 Å². The molecule has 0 atom stereocenters. The molecule has 1 radical (unpaired) electrons. The zero-order valence-electron chi connectivity index (χ0n) is 7.60. The van der Waals surface area contributed by atoms with Crippen molar-refractivity contribution in [1.29, 1.82) is 0 Å². The molecule has 6 nitrogen and oxygen atoms in total. The maximum absolute atomic E-state index is 10.6. The quantitative estimate of drug-likeness (QED) is 0.702. The number of hydrogen-bond acceptors (Lipinski definition) is 3. The van der Waals surface area contributed by atoms with Crippen LogP contribution in [0.25, 0.3) is 0 Å². The van der Waals surface area contributed by atoms with Crippen molar-refractivity contribution in [2.24, 2.45) is 0 Å². The number of aromatic carboxylic acids is 3. The Morgan fingerprint density at radius 1 is 0.812 bits per heavy atom. The second-order valence-corrected chi connectivity index (χ2v) is 2.68. The molecule has 7 heteroatoms. The fraction of sp³-hybridized carbons (Fsp3) is 0. The summed E-state index contributed by atoms with van der Waals surface area (Å²) in [5.41, 5.74) is -1.24. The van der Waals surface area contributed by atoms with Crippen LogP contribution in [0.2, 0.25) is 0 Å². The fourth-order valence-corrected chi connectivity index (χ4v) is 1.04. The minimum Gasteiger partial charge on any atom is -0.478 e. The first-order chi connectivity index (χ1) is 6.93. The van der Waals surface area contributed by atoms with E-state index in [0.717, 1.165) is 18.2 Å². The van der Waals surface area contributed by atoms with Crippen LogP contribution in [0, 0.1) is 0 Å². The second-order valence-electron chi connectivity index (χ2n) is 2.68. The summed E-state index contributed by atoms with van der Waals surface area (Å²) in [7, 11) is 0. The first kappa shape index (κ1) is 14.1. The summed E-state index contributed by atoms with van der Waals surface area (Å²) in [6.45, 7) is 0. The normalized spacial score (nSPS) is 9.00. The average molecular weight is 274 g/mol. The Bertz CT molecular complexity index is 453. The molecule has 0 amide bonds. The summed E-state index contributed by atoms with van der Waals surface area (Å²) in [4.78, 5) is 31.8. The zero-order chi connectivity index (χ0) is 11.6. The third-order valence-electron chi connectivity index (χ3n) is 1.73. The van der Waals surface area contributed by atoms with Gasteiger partial charge in [0.05, 0.1) is 16.7 Å². The Labute approximate surface area is 100.0 Å². The van der Waals surface area contributed by atoms with Crippen LogP contribution >= 0.6 is 0 Å². The van der Waals surface area contributed by atoms with Gasteiger partial charge in [0, 0.05) is 17.1 Å². The molecular weight excluding hydrogens is 268 g/mol. The van der Waals surface area contributed by atoms with Gasteiger partial charge in [-0.1, -0.05) is 0 Å². The maximum atomic E-state index is 10.6. The summed E-state index contributed by atoms with van der Waals surface area (Å²) >= 11 is 0. The fourth-order valence-electron chi connectivity index (χ4n) is 1.04. The van der Waals surface area contributed by atoms with Gasteiger partial charge in [-0.3, -0.25) is 0 Å². The van der Waals surface area contributed by atoms with Crippen LogP contribution in [0.3, 0.4) is 0 Å². The van der Waals surface area contributed by atoms with Crippen LogP contribution in [0.5, 0.6) is 0 Å². The van der Waals surface area contributed by atoms with Gasteiger partial charge in [0.1, 0.15) is 0 Å². The smallest absolute Gasteiger partial charge is 0.336 e. The zero-order valence-corrected chi connectivity index (χ0v) is 8.54. The predicted octanol–water partition coefficient (Wildman–Crippen LogP) is 0.779. The standard InChI is InChI=1S/C9H6O6.Cu/c10-7(11)4-1-2-5(8(12)13)6(3-4)9(14)15;/h1-3H,(H,10,11)(H,12,13)(H,14,15);. The number of carbonyl (C=O) groups is 3. The van der Waals surface area contributed by atoms with Crippen molar-refractivity contribution in [2.75, 3.05) is 0 Å². The molecule has 0 spiro atoms. The van der Waals surface area contributed by atoms with Gasteiger partial charge in [-0.2, -0.15) is 0 Å². The molecule has 0 aliphatic rings. The van der Waals surface area contributed by atoms with Gasteiger partial charge in [-0.05, 0) is 18.2 Å².